The summed E-state index contributed by atoms with van der Waals surface area (Å²) in [5.74, 6) is 0.215. The number of rotatable bonds is 5. The van der Waals surface area contributed by atoms with Gasteiger partial charge in [-0.2, -0.15) is 0 Å². The summed E-state index contributed by atoms with van der Waals surface area (Å²) in [7, 11) is 0. The Morgan fingerprint density at radius 2 is 2.00 bits per heavy atom. The first kappa shape index (κ1) is 15.1. The van der Waals surface area contributed by atoms with Gasteiger partial charge in [-0.05, 0) is 49.7 Å². The lowest BCUT2D eigenvalue weighted by atomic mass is 10.1. The molecule has 1 heterocycles. The molecule has 0 fully saturated rings. The van der Waals surface area contributed by atoms with Crippen LogP contribution in [-0.4, -0.2) is 16.6 Å². The number of halogens is 2. The topological polar surface area (TPSA) is 45.1 Å². The van der Waals surface area contributed by atoms with E-state index in [1.165, 1.54) is 0 Å². The van der Waals surface area contributed by atoms with Crippen LogP contribution in [-0.2, 0) is 13.0 Å². The SMILES string of the molecule is Cc1ccc(O)c(CNCCc2ccc(Cl)cc2Cl)n1. The highest BCUT2D eigenvalue weighted by atomic mass is 35.5. The molecule has 0 aliphatic heterocycles. The molecule has 20 heavy (non-hydrogen) atoms. The highest BCUT2D eigenvalue weighted by molar-refractivity contribution is 6.35. The van der Waals surface area contributed by atoms with Crippen LogP contribution in [0.5, 0.6) is 5.75 Å². The van der Waals surface area contributed by atoms with Gasteiger partial charge in [-0.3, -0.25) is 4.98 Å². The van der Waals surface area contributed by atoms with Gasteiger partial charge >= 0.3 is 0 Å². The molecule has 0 aliphatic carbocycles. The number of hydrogen-bond donors (Lipinski definition) is 2. The summed E-state index contributed by atoms with van der Waals surface area (Å²) in [6, 6.07) is 8.94. The number of nitrogens with one attached hydrogen (secondary N) is 1. The van der Waals surface area contributed by atoms with Gasteiger partial charge in [-0.25, -0.2) is 0 Å². The predicted molar refractivity (Wildman–Crippen MR) is 82.5 cm³/mol. The van der Waals surface area contributed by atoms with Gasteiger partial charge in [0.15, 0.2) is 0 Å². The van der Waals surface area contributed by atoms with Gasteiger partial charge in [0.05, 0.1) is 5.69 Å². The summed E-state index contributed by atoms with van der Waals surface area (Å²) in [6.07, 6.45) is 0.794. The molecule has 0 saturated carbocycles. The van der Waals surface area contributed by atoms with Crippen LogP contribution in [0.3, 0.4) is 0 Å². The number of nitrogens with zero attached hydrogens (tertiary/aromatic N) is 1. The lowest BCUT2D eigenvalue weighted by molar-refractivity contribution is 0.459. The third-order valence-corrected chi connectivity index (χ3v) is 3.56. The Bertz CT molecular complexity index is 602. The summed E-state index contributed by atoms with van der Waals surface area (Å²) in [6.45, 7) is 3.17. The Labute approximate surface area is 128 Å². The lowest BCUT2D eigenvalue weighted by Crippen LogP contribution is -2.17. The monoisotopic (exact) mass is 310 g/mol. The second-order valence-corrected chi connectivity index (χ2v) is 5.42. The molecule has 0 unspecified atom stereocenters. The van der Waals surface area contributed by atoms with Gasteiger partial charge in [-0.1, -0.05) is 29.3 Å². The minimum absolute atomic E-state index is 0.215. The molecule has 1 aromatic heterocycles. The fourth-order valence-electron chi connectivity index (χ4n) is 1.89. The predicted octanol–water partition coefficient (Wildman–Crippen LogP) is 3.73. The van der Waals surface area contributed by atoms with E-state index in [1.807, 2.05) is 19.1 Å². The molecule has 106 valence electrons. The van der Waals surface area contributed by atoms with E-state index in [4.69, 9.17) is 23.2 Å². The van der Waals surface area contributed by atoms with Crippen molar-refractivity contribution in [2.75, 3.05) is 6.54 Å². The summed E-state index contributed by atoms with van der Waals surface area (Å²) in [4.78, 5) is 4.29. The molecular formula is C15H16Cl2N2O. The average Bonchev–Trinajstić information content (AvgIpc) is 2.40. The number of aromatic nitrogens is 1. The maximum atomic E-state index is 9.69. The smallest absolute Gasteiger partial charge is 0.138 e. The summed E-state index contributed by atoms with van der Waals surface area (Å²) in [5, 5.41) is 14.2. The van der Waals surface area contributed by atoms with E-state index < -0.39 is 0 Å². The molecule has 2 N–H and O–H groups in total. The second-order valence-electron chi connectivity index (χ2n) is 4.58. The van der Waals surface area contributed by atoms with Crippen LogP contribution in [0.25, 0.3) is 0 Å². The number of pyridine rings is 1. The van der Waals surface area contributed by atoms with Crippen molar-refractivity contribution in [2.45, 2.75) is 19.9 Å². The third-order valence-electron chi connectivity index (χ3n) is 2.97. The van der Waals surface area contributed by atoms with Gasteiger partial charge in [0.25, 0.3) is 0 Å². The number of aromatic hydroxyl groups is 1. The van der Waals surface area contributed by atoms with E-state index in [2.05, 4.69) is 10.3 Å². The fraction of sp³-hybridized carbons (Fsp3) is 0.267. The van der Waals surface area contributed by atoms with Crippen molar-refractivity contribution in [3.05, 3.63) is 57.3 Å². The van der Waals surface area contributed by atoms with Crippen molar-refractivity contribution in [2.24, 2.45) is 0 Å². The Kier molecular flexibility index (Phi) is 5.24. The molecule has 2 aromatic rings. The standard InChI is InChI=1S/C15H16Cl2N2O/c1-10-2-5-15(20)14(19-10)9-18-7-6-11-3-4-12(16)8-13(11)17/h2-5,8,18,20H,6-7,9H2,1H3. The minimum atomic E-state index is 0.215. The first-order valence-corrected chi connectivity index (χ1v) is 7.12. The Balaban J connectivity index is 1.86. The van der Waals surface area contributed by atoms with E-state index in [0.717, 1.165) is 24.2 Å². The molecule has 0 amide bonds. The molecule has 0 saturated heterocycles. The minimum Gasteiger partial charge on any atom is -0.506 e. The summed E-state index contributed by atoms with van der Waals surface area (Å²) in [5.41, 5.74) is 2.59. The zero-order valence-corrected chi connectivity index (χ0v) is 12.7. The van der Waals surface area contributed by atoms with E-state index in [1.54, 1.807) is 18.2 Å². The van der Waals surface area contributed by atoms with Crippen molar-refractivity contribution in [3.8, 4) is 5.75 Å². The highest BCUT2D eigenvalue weighted by Crippen LogP contribution is 2.21. The normalized spacial score (nSPS) is 10.8. The van der Waals surface area contributed by atoms with Crippen LogP contribution in [0.2, 0.25) is 10.0 Å². The Morgan fingerprint density at radius 1 is 1.20 bits per heavy atom. The molecular weight excluding hydrogens is 295 g/mol. The van der Waals surface area contributed by atoms with Crippen molar-refractivity contribution in [3.63, 3.8) is 0 Å². The maximum Gasteiger partial charge on any atom is 0.138 e. The van der Waals surface area contributed by atoms with E-state index in [0.29, 0.717) is 22.3 Å². The molecule has 0 bridgehead atoms. The summed E-state index contributed by atoms with van der Waals surface area (Å²) >= 11 is 12.0. The number of hydrogen-bond acceptors (Lipinski definition) is 3. The van der Waals surface area contributed by atoms with Crippen LogP contribution in [0, 0.1) is 6.92 Å². The van der Waals surface area contributed by atoms with E-state index in [-0.39, 0.29) is 5.75 Å². The van der Waals surface area contributed by atoms with Crippen LogP contribution in [0.1, 0.15) is 17.0 Å². The molecule has 0 spiro atoms. The largest absolute Gasteiger partial charge is 0.506 e. The van der Waals surface area contributed by atoms with Gasteiger partial charge in [-0.15, -0.1) is 0 Å². The van der Waals surface area contributed by atoms with Gasteiger partial charge in [0.1, 0.15) is 5.75 Å². The number of aryl methyl sites for hydroxylation is 1. The molecule has 0 aliphatic rings. The van der Waals surface area contributed by atoms with Crippen molar-refractivity contribution in [1.29, 1.82) is 0 Å². The van der Waals surface area contributed by atoms with Crippen LogP contribution in [0.4, 0.5) is 0 Å². The Morgan fingerprint density at radius 3 is 2.75 bits per heavy atom. The second kappa shape index (κ2) is 6.93. The van der Waals surface area contributed by atoms with Gasteiger partial charge in [0.2, 0.25) is 0 Å². The number of benzene rings is 1. The molecule has 3 nitrogen and oxygen atoms in total. The van der Waals surface area contributed by atoms with Crippen molar-refractivity contribution in [1.82, 2.24) is 10.3 Å². The highest BCUT2D eigenvalue weighted by Gasteiger charge is 2.04. The molecule has 1 aromatic carbocycles. The zero-order chi connectivity index (χ0) is 14.5. The molecule has 0 radical (unpaired) electrons. The van der Waals surface area contributed by atoms with E-state index in [9.17, 15) is 5.11 Å². The first-order valence-electron chi connectivity index (χ1n) is 6.36. The molecule has 0 atom stereocenters. The quantitative estimate of drug-likeness (QED) is 0.827. The maximum absolute atomic E-state index is 9.69. The van der Waals surface area contributed by atoms with E-state index >= 15 is 0 Å². The van der Waals surface area contributed by atoms with Crippen molar-refractivity contribution >= 4 is 23.2 Å². The fourth-order valence-corrected chi connectivity index (χ4v) is 2.39. The third kappa shape index (κ3) is 4.10. The van der Waals surface area contributed by atoms with Gasteiger partial charge < -0.3 is 10.4 Å². The molecule has 2 rings (SSSR count). The van der Waals surface area contributed by atoms with Crippen LogP contribution in [0.15, 0.2) is 30.3 Å². The first-order chi connectivity index (χ1) is 9.56. The summed E-state index contributed by atoms with van der Waals surface area (Å²) < 4.78 is 0. The van der Waals surface area contributed by atoms with Crippen LogP contribution < -0.4 is 5.32 Å². The zero-order valence-electron chi connectivity index (χ0n) is 11.2. The van der Waals surface area contributed by atoms with Crippen LogP contribution >= 0.6 is 23.2 Å². The van der Waals surface area contributed by atoms with Gasteiger partial charge in [0, 0.05) is 22.3 Å². The molecule has 5 heteroatoms. The van der Waals surface area contributed by atoms with Crippen molar-refractivity contribution < 1.29 is 5.11 Å². The average molecular weight is 311 g/mol. The lowest BCUT2D eigenvalue weighted by Gasteiger charge is -2.08. The Hall–Kier alpha value is -1.29.